The quantitative estimate of drug-likeness (QED) is 0.292. The number of para-hydroxylation sites is 1. The minimum absolute atomic E-state index is 0.0452. The van der Waals surface area contributed by atoms with Crippen molar-refractivity contribution < 1.29 is 31.1 Å². The van der Waals surface area contributed by atoms with Gasteiger partial charge in [0.15, 0.2) is 0 Å². The molecule has 186 valence electrons. The highest BCUT2D eigenvalue weighted by Gasteiger charge is 2.31. The van der Waals surface area contributed by atoms with Crippen LogP contribution in [0.1, 0.15) is 38.2 Å². The fraction of sp³-hybridized carbons (Fsp3) is 0.154. The van der Waals surface area contributed by atoms with E-state index in [0.717, 1.165) is 24.3 Å². The summed E-state index contributed by atoms with van der Waals surface area (Å²) in [5.41, 5.74) is 6.11. The number of nitrogens with one attached hydrogen (secondary N) is 1. The highest BCUT2D eigenvalue weighted by molar-refractivity contribution is 6.08. The predicted octanol–water partition coefficient (Wildman–Crippen LogP) is 6.57. The first-order chi connectivity index (χ1) is 16.9. The minimum Gasteiger partial charge on any atom is -0.366 e. The molecule has 0 spiro atoms. The van der Waals surface area contributed by atoms with Crippen LogP contribution in [0, 0.1) is 0 Å². The number of fused-ring (bicyclic) bond motifs is 1. The number of nitrogens with zero attached hydrogens (tertiary/aromatic N) is 1. The van der Waals surface area contributed by atoms with Crippen LogP contribution in [0.4, 0.5) is 32.2 Å². The van der Waals surface area contributed by atoms with Crippen molar-refractivity contribution in [2.24, 2.45) is 5.73 Å². The van der Waals surface area contributed by atoms with Gasteiger partial charge in [0, 0.05) is 23.9 Å². The van der Waals surface area contributed by atoms with E-state index in [-0.39, 0.29) is 24.3 Å². The van der Waals surface area contributed by atoms with E-state index in [9.17, 15) is 31.1 Å². The monoisotopic (exact) mass is 503 g/mol. The smallest absolute Gasteiger partial charge is 0.366 e. The number of carbonyl (C=O) groups is 1. The van der Waals surface area contributed by atoms with Crippen LogP contribution in [0.2, 0.25) is 0 Å². The molecule has 0 saturated carbocycles. The molecule has 0 bridgehead atoms. The number of nitrogens with two attached hydrogens (primary N) is 1. The molecular weight excluding hydrogens is 484 g/mol. The van der Waals surface area contributed by atoms with Crippen LogP contribution in [0.25, 0.3) is 10.9 Å². The molecule has 1 aromatic heterocycles. The molecule has 0 aliphatic heterocycles. The molecule has 0 aliphatic carbocycles. The number of rotatable bonds is 6. The van der Waals surface area contributed by atoms with Gasteiger partial charge in [0.2, 0.25) is 5.91 Å². The number of alkyl halides is 6. The number of benzene rings is 3. The number of hydrogen-bond donors (Lipinski definition) is 2. The fourth-order valence-electron chi connectivity index (χ4n) is 3.86. The first-order valence-electron chi connectivity index (χ1n) is 10.7. The number of amides is 1. The summed E-state index contributed by atoms with van der Waals surface area (Å²) < 4.78 is 77.5. The lowest BCUT2D eigenvalue weighted by Crippen LogP contribution is -2.18. The lowest BCUT2D eigenvalue weighted by molar-refractivity contribution is -0.138. The molecule has 0 unspecified atom stereocenters. The third-order valence-corrected chi connectivity index (χ3v) is 5.64. The Morgan fingerprint density at radius 3 is 1.83 bits per heavy atom. The van der Waals surface area contributed by atoms with E-state index in [1.807, 2.05) is 0 Å². The van der Waals surface area contributed by atoms with Gasteiger partial charge in [-0.2, -0.15) is 26.3 Å². The molecule has 1 heterocycles. The second kappa shape index (κ2) is 9.52. The van der Waals surface area contributed by atoms with E-state index in [1.54, 1.807) is 24.3 Å². The SMILES string of the molecule is NC(=O)c1c(Cc2ccc(C(F)(F)F)cc2)c(NCc2ccc(C(F)(F)F)cc2)nc2ccccc12. The largest absolute Gasteiger partial charge is 0.416 e. The number of carbonyl (C=O) groups excluding carboxylic acids is 1. The van der Waals surface area contributed by atoms with Crippen molar-refractivity contribution in [3.63, 3.8) is 0 Å². The fourth-order valence-corrected chi connectivity index (χ4v) is 3.86. The lowest BCUT2D eigenvalue weighted by atomic mass is 9.95. The van der Waals surface area contributed by atoms with Crippen molar-refractivity contribution in [2.45, 2.75) is 25.3 Å². The number of pyridine rings is 1. The Morgan fingerprint density at radius 2 is 1.31 bits per heavy atom. The summed E-state index contributed by atoms with van der Waals surface area (Å²) in [5.74, 6) is -0.490. The zero-order chi connectivity index (χ0) is 26.1. The molecule has 0 radical (unpaired) electrons. The van der Waals surface area contributed by atoms with Crippen molar-refractivity contribution in [3.05, 3.63) is 106 Å². The van der Waals surface area contributed by atoms with Crippen LogP contribution in [0.3, 0.4) is 0 Å². The summed E-state index contributed by atoms with van der Waals surface area (Å²) in [7, 11) is 0. The van der Waals surface area contributed by atoms with Gasteiger partial charge in [0.25, 0.3) is 0 Å². The molecule has 4 aromatic rings. The average Bonchev–Trinajstić information content (AvgIpc) is 2.82. The highest BCUT2D eigenvalue weighted by Crippen LogP contribution is 2.32. The van der Waals surface area contributed by atoms with Gasteiger partial charge < -0.3 is 11.1 Å². The van der Waals surface area contributed by atoms with E-state index in [4.69, 9.17) is 5.73 Å². The zero-order valence-electron chi connectivity index (χ0n) is 18.5. The Labute approximate surface area is 201 Å². The van der Waals surface area contributed by atoms with E-state index in [1.165, 1.54) is 24.3 Å². The summed E-state index contributed by atoms with van der Waals surface area (Å²) in [6.07, 6.45) is -8.91. The molecule has 4 nitrogen and oxygen atoms in total. The van der Waals surface area contributed by atoms with E-state index in [2.05, 4.69) is 10.3 Å². The van der Waals surface area contributed by atoms with Crippen molar-refractivity contribution in [1.29, 1.82) is 0 Å². The second-order valence-electron chi connectivity index (χ2n) is 8.12. The summed E-state index contributed by atoms with van der Waals surface area (Å²) in [6.45, 7) is 0.0850. The van der Waals surface area contributed by atoms with Crippen LogP contribution in [-0.2, 0) is 25.3 Å². The van der Waals surface area contributed by atoms with Crippen molar-refractivity contribution >= 4 is 22.6 Å². The van der Waals surface area contributed by atoms with Crippen molar-refractivity contribution in [2.75, 3.05) is 5.32 Å². The molecule has 1 amide bonds. The summed E-state index contributed by atoms with van der Waals surface area (Å²) in [4.78, 5) is 17.0. The van der Waals surface area contributed by atoms with Crippen molar-refractivity contribution in [1.82, 2.24) is 4.98 Å². The molecule has 0 fully saturated rings. The number of anilines is 1. The highest BCUT2D eigenvalue weighted by atomic mass is 19.4. The van der Waals surface area contributed by atoms with Crippen molar-refractivity contribution in [3.8, 4) is 0 Å². The predicted molar refractivity (Wildman–Crippen MR) is 123 cm³/mol. The number of aromatic nitrogens is 1. The van der Waals surface area contributed by atoms with Crippen LogP contribution in [0.15, 0.2) is 72.8 Å². The Hall–Kier alpha value is -4.08. The maximum atomic E-state index is 13.0. The Balaban J connectivity index is 1.73. The lowest BCUT2D eigenvalue weighted by Gasteiger charge is -2.17. The Morgan fingerprint density at radius 1 is 0.778 bits per heavy atom. The van der Waals surface area contributed by atoms with Gasteiger partial charge in [-0.25, -0.2) is 4.98 Å². The van der Waals surface area contributed by atoms with E-state index in [0.29, 0.717) is 27.6 Å². The summed E-state index contributed by atoms with van der Waals surface area (Å²) in [6, 6.07) is 15.8. The van der Waals surface area contributed by atoms with E-state index < -0.39 is 29.4 Å². The van der Waals surface area contributed by atoms with Crippen LogP contribution >= 0.6 is 0 Å². The standard InChI is InChI=1S/C26H19F6N3O/c27-25(28,29)17-9-5-15(6-10-17)13-20-22(23(33)36)19-3-1-2-4-21(19)35-24(20)34-14-16-7-11-18(12-8-16)26(30,31)32/h1-12H,13-14H2,(H2,33,36)(H,34,35). The number of primary amides is 1. The zero-order valence-corrected chi connectivity index (χ0v) is 18.5. The van der Waals surface area contributed by atoms with Crippen LogP contribution in [-0.4, -0.2) is 10.9 Å². The topological polar surface area (TPSA) is 68.0 Å². The maximum Gasteiger partial charge on any atom is 0.416 e. The molecule has 10 heteroatoms. The molecule has 0 aliphatic rings. The van der Waals surface area contributed by atoms with Gasteiger partial charge in [0.1, 0.15) is 5.82 Å². The molecule has 3 aromatic carbocycles. The Kier molecular flexibility index (Phi) is 6.62. The van der Waals surface area contributed by atoms with Gasteiger partial charge in [0.05, 0.1) is 22.2 Å². The van der Waals surface area contributed by atoms with Gasteiger partial charge in [-0.15, -0.1) is 0 Å². The molecular formula is C26H19F6N3O. The van der Waals surface area contributed by atoms with Crippen LogP contribution in [0.5, 0.6) is 0 Å². The summed E-state index contributed by atoms with van der Waals surface area (Å²) >= 11 is 0. The number of hydrogen-bond acceptors (Lipinski definition) is 3. The van der Waals surface area contributed by atoms with Gasteiger partial charge in [-0.3, -0.25) is 4.79 Å². The second-order valence-corrected chi connectivity index (χ2v) is 8.12. The van der Waals surface area contributed by atoms with E-state index >= 15 is 0 Å². The molecule has 36 heavy (non-hydrogen) atoms. The third kappa shape index (κ3) is 5.42. The molecule has 0 saturated heterocycles. The average molecular weight is 503 g/mol. The first kappa shape index (κ1) is 25.0. The minimum atomic E-state index is -4.49. The number of halogens is 6. The first-order valence-corrected chi connectivity index (χ1v) is 10.7. The third-order valence-electron chi connectivity index (χ3n) is 5.64. The summed E-state index contributed by atoms with van der Waals surface area (Å²) in [5, 5.41) is 3.53. The van der Waals surface area contributed by atoms with Crippen LogP contribution < -0.4 is 11.1 Å². The normalized spacial score (nSPS) is 12.1. The maximum absolute atomic E-state index is 13.0. The van der Waals surface area contributed by atoms with Gasteiger partial charge in [-0.05, 0) is 41.5 Å². The molecule has 0 atom stereocenters. The Bertz CT molecular complexity index is 1400. The molecule has 3 N–H and O–H groups in total. The van der Waals surface area contributed by atoms with Gasteiger partial charge in [-0.1, -0.05) is 42.5 Å². The molecule has 4 rings (SSSR count). The van der Waals surface area contributed by atoms with Gasteiger partial charge >= 0.3 is 12.4 Å².